The molecule has 0 amide bonds. The second kappa shape index (κ2) is 7.28. The van der Waals surface area contributed by atoms with Crippen molar-refractivity contribution in [3.05, 3.63) is 63.9 Å². The molecule has 2 rings (SSSR count). The third-order valence-electron chi connectivity index (χ3n) is 3.05. The predicted octanol–water partition coefficient (Wildman–Crippen LogP) is 5.18. The van der Waals surface area contributed by atoms with Gasteiger partial charge in [0.2, 0.25) is 0 Å². The average Bonchev–Trinajstić information content (AvgIpc) is 2.42. The summed E-state index contributed by atoms with van der Waals surface area (Å²) in [6, 6.07) is 9.96. The van der Waals surface area contributed by atoms with Crippen LogP contribution in [0.2, 0.25) is 10.0 Å². The van der Waals surface area contributed by atoms with Gasteiger partial charge in [-0.2, -0.15) is 0 Å². The number of benzene rings is 1. The highest BCUT2D eigenvalue weighted by atomic mass is 79.9. The molecule has 1 nitrogen and oxygen atoms in total. The number of rotatable bonds is 5. The van der Waals surface area contributed by atoms with E-state index in [2.05, 4.69) is 27.0 Å². The van der Waals surface area contributed by atoms with Gasteiger partial charge in [-0.3, -0.25) is 4.98 Å². The van der Waals surface area contributed by atoms with Crippen LogP contribution in [0.1, 0.15) is 11.1 Å². The number of nitrogens with zero attached hydrogens (tertiary/aromatic N) is 1. The fourth-order valence-electron chi connectivity index (χ4n) is 2.04. The van der Waals surface area contributed by atoms with Gasteiger partial charge in [0.05, 0.1) is 5.02 Å². The van der Waals surface area contributed by atoms with Crippen LogP contribution in [0.4, 0.5) is 0 Å². The molecule has 1 unspecified atom stereocenters. The fraction of sp³-hybridized carbons (Fsp3) is 0.267. The van der Waals surface area contributed by atoms with E-state index < -0.39 is 0 Å². The van der Waals surface area contributed by atoms with Gasteiger partial charge in [0, 0.05) is 22.7 Å². The summed E-state index contributed by atoms with van der Waals surface area (Å²) < 4.78 is 0. The number of alkyl halides is 1. The largest absolute Gasteiger partial charge is 0.263 e. The van der Waals surface area contributed by atoms with Crippen LogP contribution in [0, 0.1) is 5.92 Å². The Morgan fingerprint density at radius 3 is 2.32 bits per heavy atom. The van der Waals surface area contributed by atoms with Crippen molar-refractivity contribution in [2.75, 3.05) is 5.33 Å². The molecule has 1 aromatic carbocycles. The Kier molecular flexibility index (Phi) is 5.68. The molecule has 0 bridgehead atoms. The van der Waals surface area contributed by atoms with Crippen molar-refractivity contribution >= 4 is 39.1 Å². The van der Waals surface area contributed by atoms with Crippen molar-refractivity contribution in [2.24, 2.45) is 5.92 Å². The summed E-state index contributed by atoms with van der Waals surface area (Å²) in [4.78, 5) is 4.01. The molecule has 0 fully saturated rings. The Labute approximate surface area is 132 Å². The summed E-state index contributed by atoms with van der Waals surface area (Å²) >= 11 is 15.9. The first-order chi connectivity index (χ1) is 9.20. The normalized spacial score (nSPS) is 12.4. The first-order valence-corrected chi connectivity index (χ1v) is 7.96. The van der Waals surface area contributed by atoms with E-state index >= 15 is 0 Å². The predicted molar refractivity (Wildman–Crippen MR) is 85.4 cm³/mol. The lowest BCUT2D eigenvalue weighted by Gasteiger charge is -2.15. The summed E-state index contributed by atoms with van der Waals surface area (Å²) in [6.07, 6.45) is 5.32. The molecule has 1 atom stereocenters. The highest BCUT2D eigenvalue weighted by Gasteiger charge is 2.13. The molecule has 0 aliphatic carbocycles. The van der Waals surface area contributed by atoms with Crippen molar-refractivity contribution in [3.63, 3.8) is 0 Å². The average molecular weight is 359 g/mol. The van der Waals surface area contributed by atoms with Crippen LogP contribution < -0.4 is 0 Å². The molecule has 0 saturated carbocycles. The number of hydrogen-bond donors (Lipinski definition) is 0. The smallest absolute Gasteiger partial charge is 0.0621 e. The van der Waals surface area contributed by atoms with Gasteiger partial charge in [0.1, 0.15) is 0 Å². The van der Waals surface area contributed by atoms with E-state index in [1.54, 1.807) is 12.4 Å². The van der Waals surface area contributed by atoms with Crippen LogP contribution in [0.3, 0.4) is 0 Å². The van der Waals surface area contributed by atoms with Gasteiger partial charge in [-0.15, -0.1) is 0 Å². The van der Waals surface area contributed by atoms with Crippen molar-refractivity contribution in [3.8, 4) is 0 Å². The van der Waals surface area contributed by atoms with Gasteiger partial charge >= 0.3 is 0 Å². The second-order valence-electron chi connectivity index (χ2n) is 4.49. The maximum atomic E-state index is 6.21. The van der Waals surface area contributed by atoms with Crippen LogP contribution in [0.25, 0.3) is 0 Å². The van der Waals surface area contributed by atoms with Crippen LogP contribution >= 0.6 is 39.1 Å². The standard InChI is InChI=1S/C15H14BrCl2N/c16-9-11(7-12-3-1-2-4-14(12)17)8-13-5-6-19-10-15(13)18/h1-6,10-11H,7-9H2. The molecule has 0 radical (unpaired) electrons. The molecule has 0 N–H and O–H groups in total. The SMILES string of the molecule is Clc1ccccc1CC(CBr)Cc1ccncc1Cl. The third kappa shape index (κ3) is 4.20. The van der Waals surface area contributed by atoms with E-state index in [0.29, 0.717) is 5.92 Å². The molecule has 1 aromatic heterocycles. The molecule has 4 heteroatoms. The van der Waals surface area contributed by atoms with Gasteiger partial charge in [-0.1, -0.05) is 57.3 Å². The molecular formula is C15H14BrCl2N. The minimum atomic E-state index is 0.458. The topological polar surface area (TPSA) is 12.9 Å². The highest BCUT2D eigenvalue weighted by Crippen LogP contribution is 2.24. The molecule has 0 saturated heterocycles. The molecule has 0 spiro atoms. The van der Waals surface area contributed by atoms with Crippen molar-refractivity contribution < 1.29 is 0 Å². The zero-order valence-electron chi connectivity index (χ0n) is 10.3. The van der Waals surface area contributed by atoms with Gasteiger partial charge in [-0.05, 0) is 42.0 Å². The second-order valence-corrected chi connectivity index (χ2v) is 5.95. The fourth-order valence-corrected chi connectivity index (χ4v) is 2.90. The number of pyridine rings is 1. The maximum Gasteiger partial charge on any atom is 0.0621 e. The first-order valence-electron chi connectivity index (χ1n) is 6.08. The zero-order valence-corrected chi connectivity index (χ0v) is 13.4. The quantitative estimate of drug-likeness (QED) is 0.670. The Balaban J connectivity index is 2.09. The number of hydrogen-bond acceptors (Lipinski definition) is 1. The molecule has 1 heterocycles. The molecule has 2 aromatic rings. The lowest BCUT2D eigenvalue weighted by atomic mass is 9.94. The van der Waals surface area contributed by atoms with E-state index in [-0.39, 0.29) is 0 Å². The molecular weight excluding hydrogens is 345 g/mol. The van der Waals surface area contributed by atoms with Crippen molar-refractivity contribution in [1.82, 2.24) is 4.98 Å². The van der Waals surface area contributed by atoms with Gasteiger partial charge < -0.3 is 0 Å². The Morgan fingerprint density at radius 1 is 1.00 bits per heavy atom. The summed E-state index contributed by atoms with van der Waals surface area (Å²) in [5, 5.41) is 2.47. The van der Waals surface area contributed by atoms with Crippen LogP contribution in [0.15, 0.2) is 42.7 Å². The summed E-state index contributed by atoms with van der Waals surface area (Å²) in [6.45, 7) is 0. The van der Waals surface area contributed by atoms with Crippen molar-refractivity contribution in [2.45, 2.75) is 12.8 Å². The van der Waals surface area contributed by atoms with Gasteiger partial charge in [0.25, 0.3) is 0 Å². The van der Waals surface area contributed by atoms with E-state index in [0.717, 1.165) is 33.8 Å². The first kappa shape index (κ1) is 14.8. The van der Waals surface area contributed by atoms with E-state index in [9.17, 15) is 0 Å². The van der Waals surface area contributed by atoms with Crippen LogP contribution in [-0.4, -0.2) is 10.3 Å². The lowest BCUT2D eigenvalue weighted by molar-refractivity contribution is 0.591. The van der Waals surface area contributed by atoms with E-state index in [1.807, 2.05) is 24.3 Å². The highest BCUT2D eigenvalue weighted by molar-refractivity contribution is 9.09. The summed E-state index contributed by atoms with van der Waals surface area (Å²) in [5.74, 6) is 0.458. The molecule has 0 aliphatic heterocycles. The van der Waals surface area contributed by atoms with E-state index in [4.69, 9.17) is 23.2 Å². The monoisotopic (exact) mass is 357 g/mol. The Hall–Kier alpha value is -0.570. The molecule has 100 valence electrons. The van der Waals surface area contributed by atoms with Crippen LogP contribution in [-0.2, 0) is 12.8 Å². The summed E-state index contributed by atoms with van der Waals surface area (Å²) in [5.41, 5.74) is 2.31. The minimum Gasteiger partial charge on any atom is -0.263 e. The van der Waals surface area contributed by atoms with Crippen molar-refractivity contribution in [1.29, 1.82) is 0 Å². The maximum absolute atomic E-state index is 6.21. The Bertz CT molecular complexity index is 498. The summed E-state index contributed by atoms with van der Waals surface area (Å²) in [7, 11) is 0. The zero-order chi connectivity index (χ0) is 13.7. The van der Waals surface area contributed by atoms with Gasteiger partial charge in [-0.25, -0.2) is 0 Å². The molecule has 0 aliphatic rings. The Morgan fingerprint density at radius 2 is 1.68 bits per heavy atom. The number of halogens is 3. The van der Waals surface area contributed by atoms with E-state index in [1.165, 1.54) is 5.56 Å². The van der Waals surface area contributed by atoms with Gasteiger partial charge in [0.15, 0.2) is 0 Å². The molecule has 19 heavy (non-hydrogen) atoms. The minimum absolute atomic E-state index is 0.458. The van der Waals surface area contributed by atoms with Crippen LogP contribution in [0.5, 0.6) is 0 Å². The lowest BCUT2D eigenvalue weighted by Crippen LogP contribution is -2.10. The third-order valence-corrected chi connectivity index (χ3v) is 4.67. The number of aromatic nitrogens is 1.